The van der Waals surface area contributed by atoms with Crippen LogP contribution >= 0.6 is 11.6 Å². The first-order valence-electron chi connectivity index (χ1n) is 8.79. The van der Waals surface area contributed by atoms with Crippen molar-refractivity contribution in [3.63, 3.8) is 0 Å². The number of hydrogen-bond acceptors (Lipinski definition) is 4. The zero-order valence-corrected chi connectivity index (χ0v) is 17.0. The van der Waals surface area contributed by atoms with Crippen LogP contribution in [-0.2, 0) is 10.0 Å². The molecule has 2 N–H and O–H groups in total. The molecular weight excluding hydrogens is 455 g/mol. The van der Waals surface area contributed by atoms with Crippen LogP contribution in [0.15, 0.2) is 77.0 Å². The van der Waals surface area contributed by atoms with E-state index in [1.807, 2.05) is 0 Å². The highest BCUT2D eigenvalue weighted by atomic mass is 35.5. The predicted octanol–water partition coefficient (Wildman–Crippen LogP) is 3.40. The molecule has 0 radical (unpaired) electrons. The van der Waals surface area contributed by atoms with Gasteiger partial charge in [0.05, 0.1) is 16.6 Å². The van der Waals surface area contributed by atoms with E-state index in [4.69, 9.17) is 11.6 Å². The van der Waals surface area contributed by atoms with E-state index in [-0.39, 0.29) is 16.3 Å². The average Bonchev–Trinajstić information content (AvgIpc) is 3.11. The molecule has 160 valence electrons. The van der Waals surface area contributed by atoms with E-state index in [9.17, 15) is 26.4 Å². The average molecular weight is 468 g/mol. The third kappa shape index (κ3) is 3.85. The predicted molar refractivity (Wildman–Crippen MR) is 106 cm³/mol. The lowest BCUT2D eigenvalue weighted by Gasteiger charge is -2.25. The molecule has 2 aliphatic rings. The highest BCUT2D eigenvalue weighted by Crippen LogP contribution is 2.30. The Morgan fingerprint density at radius 3 is 2.58 bits per heavy atom. The third-order valence-electron chi connectivity index (χ3n) is 4.62. The van der Waals surface area contributed by atoms with Crippen LogP contribution in [0.1, 0.15) is 10.4 Å². The van der Waals surface area contributed by atoms with Gasteiger partial charge in [-0.15, -0.1) is 4.41 Å². The van der Waals surface area contributed by atoms with Gasteiger partial charge in [-0.2, -0.15) is 0 Å². The number of carbonyl (C=O) groups excluding carboxylic acids is 1. The van der Waals surface area contributed by atoms with Crippen molar-refractivity contribution in [2.75, 3.05) is 0 Å². The van der Waals surface area contributed by atoms with Crippen molar-refractivity contribution in [1.29, 1.82) is 0 Å². The van der Waals surface area contributed by atoms with Crippen molar-refractivity contribution in [3.8, 4) is 0 Å². The maximum atomic E-state index is 14.1. The van der Waals surface area contributed by atoms with Gasteiger partial charge < -0.3 is 10.7 Å². The molecule has 1 unspecified atom stereocenters. The molecule has 0 aromatic heterocycles. The Morgan fingerprint density at radius 2 is 1.87 bits per heavy atom. The number of sulfonamides is 1. The van der Waals surface area contributed by atoms with E-state index in [0.29, 0.717) is 11.6 Å². The Morgan fingerprint density at radius 1 is 1.10 bits per heavy atom. The minimum absolute atomic E-state index is 0.0861. The van der Waals surface area contributed by atoms with Gasteiger partial charge in [-0.1, -0.05) is 23.7 Å². The van der Waals surface area contributed by atoms with Crippen LogP contribution in [0.2, 0.25) is 5.02 Å². The van der Waals surface area contributed by atoms with Crippen molar-refractivity contribution in [2.45, 2.75) is 10.9 Å². The lowest BCUT2D eigenvalue weighted by atomic mass is 10.0. The molecule has 1 aliphatic carbocycles. The fraction of sp³-hybridized carbons (Fsp3) is 0.0500. The SMILES string of the molecule is O=C(NC1=CC2C(=CNN2S(=O)(=O)c2ccc(F)cc2F)C=C1)c1c(F)cccc1Cl. The number of fused-ring (bicyclic) bond motifs is 1. The van der Waals surface area contributed by atoms with E-state index >= 15 is 0 Å². The number of hydrogen-bond donors (Lipinski definition) is 2. The smallest absolute Gasteiger partial charge is 0.263 e. The van der Waals surface area contributed by atoms with Gasteiger partial charge in [-0.05, 0) is 42.0 Å². The number of amides is 1. The van der Waals surface area contributed by atoms with Crippen LogP contribution in [0.4, 0.5) is 13.2 Å². The van der Waals surface area contributed by atoms with Gasteiger partial charge in [0.25, 0.3) is 15.9 Å². The summed E-state index contributed by atoms with van der Waals surface area (Å²) in [5.74, 6) is -3.80. The molecule has 0 saturated heterocycles. The molecule has 2 aromatic carbocycles. The molecule has 6 nitrogen and oxygen atoms in total. The largest absolute Gasteiger partial charge is 0.322 e. The lowest BCUT2D eigenvalue weighted by Crippen LogP contribution is -2.43. The zero-order chi connectivity index (χ0) is 22.3. The van der Waals surface area contributed by atoms with Gasteiger partial charge in [-0.3, -0.25) is 4.79 Å². The van der Waals surface area contributed by atoms with Gasteiger partial charge in [-0.25, -0.2) is 21.6 Å². The summed E-state index contributed by atoms with van der Waals surface area (Å²) < 4.78 is 67.9. The fourth-order valence-electron chi connectivity index (χ4n) is 3.16. The quantitative estimate of drug-likeness (QED) is 0.722. The number of carbonyl (C=O) groups is 1. The minimum atomic E-state index is -4.42. The van der Waals surface area contributed by atoms with Crippen molar-refractivity contribution in [1.82, 2.24) is 15.2 Å². The number of allylic oxidation sites excluding steroid dienone is 1. The Labute approximate surface area is 180 Å². The van der Waals surface area contributed by atoms with Crippen LogP contribution in [0.3, 0.4) is 0 Å². The Bertz CT molecular complexity index is 1270. The standard InChI is InChI=1S/C20H13ClF3N3O3S/c21-14-2-1-3-15(23)19(14)20(28)26-13-6-4-11-10-25-27(17(11)9-13)31(29,30)18-7-5-12(22)8-16(18)24/h1-10,17,25H,(H,26,28). The molecule has 0 saturated carbocycles. The van der Waals surface area contributed by atoms with Crippen LogP contribution in [-0.4, -0.2) is 24.8 Å². The molecule has 1 heterocycles. The summed E-state index contributed by atoms with van der Waals surface area (Å²) in [5.41, 5.74) is 2.86. The summed E-state index contributed by atoms with van der Waals surface area (Å²) >= 11 is 5.90. The second-order valence-electron chi connectivity index (χ2n) is 6.60. The van der Waals surface area contributed by atoms with Crippen molar-refractivity contribution in [2.24, 2.45) is 0 Å². The minimum Gasteiger partial charge on any atom is -0.322 e. The molecule has 0 fully saturated rings. The summed E-state index contributed by atoms with van der Waals surface area (Å²) in [6, 6.07) is 4.98. The molecule has 1 amide bonds. The van der Waals surface area contributed by atoms with Crippen molar-refractivity contribution in [3.05, 3.63) is 100 Å². The highest BCUT2D eigenvalue weighted by Gasteiger charge is 2.38. The van der Waals surface area contributed by atoms with E-state index in [2.05, 4.69) is 10.7 Å². The third-order valence-corrected chi connectivity index (χ3v) is 6.68. The topological polar surface area (TPSA) is 78.5 Å². The number of nitrogens with zero attached hydrogens (tertiary/aromatic N) is 1. The zero-order valence-electron chi connectivity index (χ0n) is 15.4. The molecule has 31 heavy (non-hydrogen) atoms. The molecule has 0 bridgehead atoms. The summed E-state index contributed by atoms with van der Waals surface area (Å²) in [4.78, 5) is 11.7. The first kappa shape index (κ1) is 21.2. The second-order valence-corrected chi connectivity index (χ2v) is 8.79. The first-order valence-corrected chi connectivity index (χ1v) is 10.6. The first-order chi connectivity index (χ1) is 14.7. The Hall–Kier alpha value is -3.08. The molecule has 1 aliphatic heterocycles. The molecule has 11 heteroatoms. The van der Waals surface area contributed by atoms with E-state index < -0.39 is 44.3 Å². The summed E-state index contributed by atoms with van der Waals surface area (Å²) in [7, 11) is -4.42. The second kappa shape index (κ2) is 7.88. The van der Waals surface area contributed by atoms with Gasteiger partial charge >= 0.3 is 0 Å². The number of rotatable bonds is 4. The fourth-order valence-corrected chi connectivity index (χ4v) is 4.84. The van der Waals surface area contributed by atoms with Crippen molar-refractivity contribution < 1.29 is 26.4 Å². The summed E-state index contributed by atoms with van der Waals surface area (Å²) in [6.07, 6.45) is 5.80. The van der Waals surface area contributed by atoms with Crippen LogP contribution < -0.4 is 10.7 Å². The van der Waals surface area contributed by atoms with Crippen LogP contribution in [0.25, 0.3) is 0 Å². The van der Waals surface area contributed by atoms with E-state index in [1.54, 1.807) is 0 Å². The lowest BCUT2D eigenvalue weighted by molar-refractivity contribution is 0.0963. The van der Waals surface area contributed by atoms with Crippen LogP contribution in [0.5, 0.6) is 0 Å². The number of nitrogens with one attached hydrogen (secondary N) is 2. The number of hydrazine groups is 1. The monoisotopic (exact) mass is 467 g/mol. The van der Waals surface area contributed by atoms with Gasteiger partial charge in [0.1, 0.15) is 22.3 Å². The molecule has 4 rings (SSSR count). The number of benzene rings is 2. The van der Waals surface area contributed by atoms with Crippen LogP contribution in [0, 0.1) is 17.5 Å². The van der Waals surface area contributed by atoms with Gasteiger partial charge in [0.15, 0.2) is 0 Å². The number of halogens is 4. The maximum Gasteiger partial charge on any atom is 0.263 e. The van der Waals surface area contributed by atoms with E-state index in [0.717, 1.165) is 22.6 Å². The summed E-state index contributed by atoms with van der Waals surface area (Å²) in [5, 5.41) is 2.38. The summed E-state index contributed by atoms with van der Waals surface area (Å²) in [6.45, 7) is 0. The molecular formula is C20H13ClF3N3O3S. The normalized spacial score (nSPS) is 18.1. The molecule has 2 aromatic rings. The Kier molecular flexibility index (Phi) is 5.38. The van der Waals surface area contributed by atoms with Crippen molar-refractivity contribution >= 4 is 27.5 Å². The molecule has 0 spiro atoms. The van der Waals surface area contributed by atoms with Gasteiger partial charge in [0.2, 0.25) is 0 Å². The maximum absolute atomic E-state index is 14.1. The highest BCUT2D eigenvalue weighted by molar-refractivity contribution is 7.89. The van der Waals surface area contributed by atoms with E-state index in [1.165, 1.54) is 36.6 Å². The Balaban J connectivity index is 1.62. The molecule has 1 atom stereocenters. The van der Waals surface area contributed by atoms with Gasteiger partial charge in [0, 0.05) is 18.0 Å².